The summed E-state index contributed by atoms with van der Waals surface area (Å²) in [6.07, 6.45) is 3.37. The van der Waals surface area contributed by atoms with Gasteiger partial charge in [0.15, 0.2) is 0 Å². The lowest BCUT2D eigenvalue weighted by Crippen LogP contribution is -2.43. The molecule has 5 nitrogen and oxygen atoms in total. The van der Waals surface area contributed by atoms with Crippen LogP contribution in [0.5, 0.6) is 0 Å². The first kappa shape index (κ1) is 13.1. The van der Waals surface area contributed by atoms with Gasteiger partial charge in [0.1, 0.15) is 0 Å². The Morgan fingerprint density at radius 1 is 1.32 bits per heavy atom. The summed E-state index contributed by atoms with van der Waals surface area (Å²) in [6, 6.07) is 7.38. The Morgan fingerprint density at radius 3 is 2.74 bits per heavy atom. The maximum atomic E-state index is 11.8. The molecule has 2 aromatic rings. The number of imidazole rings is 1. The number of rotatable bonds is 2. The highest BCUT2D eigenvalue weighted by molar-refractivity contribution is 5.90. The largest absolute Gasteiger partial charge is 0.345 e. The normalized spacial score (nSPS) is 11.1. The standard InChI is InChI=1S/C14H18N4O/c1-14(2,3)18-13(19)17-11-6-4-5-10(7-11)12-8-15-9-16-12/h4-9H,1-3H3,(H,15,16)(H2,17,18,19). The first-order chi connectivity index (χ1) is 8.94. The lowest BCUT2D eigenvalue weighted by Gasteiger charge is -2.20. The fourth-order valence-electron chi connectivity index (χ4n) is 1.68. The second kappa shape index (κ2) is 5.14. The van der Waals surface area contributed by atoms with E-state index in [2.05, 4.69) is 20.6 Å². The van der Waals surface area contributed by atoms with E-state index in [1.807, 2.05) is 45.0 Å². The Kier molecular flexibility index (Phi) is 3.55. The molecule has 0 aliphatic heterocycles. The van der Waals surface area contributed by atoms with Gasteiger partial charge in [-0.2, -0.15) is 0 Å². The number of hydrogen-bond donors (Lipinski definition) is 3. The van der Waals surface area contributed by atoms with E-state index in [4.69, 9.17) is 0 Å². The quantitative estimate of drug-likeness (QED) is 0.775. The number of aromatic amines is 1. The number of H-pyrrole nitrogens is 1. The van der Waals surface area contributed by atoms with Crippen molar-refractivity contribution in [2.24, 2.45) is 0 Å². The van der Waals surface area contributed by atoms with Gasteiger partial charge < -0.3 is 15.6 Å². The molecule has 2 rings (SSSR count). The lowest BCUT2D eigenvalue weighted by molar-refractivity contribution is 0.244. The zero-order chi connectivity index (χ0) is 13.9. The van der Waals surface area contributed by atoms with Crippen molar-refractivity contribution in [1.29, 1.82) is 0 Å². The summed E-state index contributed by atoms with van der Waals surface area (Å²) < 4.78 is 0. The van der Waals surface area contributed by atoms with Gasteiger partial charge in [0.25, 0.3) is 0 Å². The SMILES string of the molecule is CC(C)(C)NC(=O)Nc1cccc(-c2cnc[nH]2)c1. The summed E-state index contributed by atoms with van der Waals surface area (Å²) in [5, 5.41) is 5.67. The van der Waals surface area contributed by atoms with Crippen molar-refractivity contribution in [3.8, 4) is 11.3 Å². The van der Waals surface area contributed by atoms with Gasteiger partial charge in [-0.15, -0.1) is 0 Å². The Hall–Kier alpha value is -2.30. The van der Waals surface area contributed by atoms with Crippen molar-refractivity contribution in [3.63, 3.8) is 0 Å². The summed E-state index contributed by atoms with van der Waals surface area (Å²) in [4.78, 5) is 18.8. The molecule has 1 aromatic heterocycles. The van der Waals surface area contributed by atoms with Crippen LogP contribution in [-0.2, 0) is 0 Å². The van der Waals surface area contributed by atoms with Crippen LogP contribution < -0.4 is 10.6 Å². The van der Waals surface area contributed by atoms with Gasteiger partial charge in [-0.05, 0) is 32.9 Å². The maximum Gasteiger partial charge on any atom is 0.319 e. The molecule has 2 amide bonds. The highest BCUT2D eigenvalue weighted by Gasteiger charge is 2.13. The summed E-state index contributed by atoms with van der Waals surface area (Å²) in [5.74, 6) is 0. The maximum absolute atomic E-state index is 11.8. The second-order valence-electron chi connectivity index (χ2n) is 5.38. The van der Waals surface area contributed by atoms with Crippen LogP contribution in [-0.4, -0.2) is 21.5 Å². The molecule has 100 valence electrons. The first-order valence-corrected chi connectivity index (χ1v) is 6.12. The fourth-order valence-corrected chi connectivity index (χ4v) is 1.68. The molecular weight excluding hydrogens is 240 g/mol. The van der Waals surface area contributed by atoms with Gasteiger partial charge in [0.05, 0.1) is 18.2 Å². The number of benzene rings is 1. The summed E-state index contributed by atoms with van der Waals surface area (Å²) in [5.41, 5.74) is 2.38. The molecular formula is C14H18N4O. The zero-order valence-corrected chi connectivity index (χ0v) is 11.3. The van der Waals surface area contributed by atoms with E-state index >= 15 is 0 Å². The molecule has 0 fully saturated rings. The van der Waals surface area contributed by atoms with Crippen LogP contribution in [0.15, 0.2) is 36.8 Å². The highest BCUT2D eigenvalue weighted by atomic mass is 16.2. The number of nitrogens with one attached hydrogen (secondary N) is 3. The molecule has 0 saturated carbocycles. The van der Waals surface area contributed by atoms with E-state index < -0.39 is 0 Å². The van der Waals surface area contributed by atoms with Gasteiger partial charge in [-0.25, -0.2) is 9.78 Å². The highest BCUT2D eigenvalue weighted by Crippen LogP contribution is 2.20. The number of urea groups is 1. The minimum Gasteiger partial charge on any atom is -0.345 e. The number of amides is 2. The van der Waals surface area contributed by atoms with Crippen LogP contribution in [0.25, 0.3) is 11.3 Å². The van der Waals surface area contributed by atoms with E-state index in [0.717, 1.165) is 16.9 Å². The van der Waals surface area contributed by atoms with Gasteiger partial charge >= 0.3 is 6.03 Å². The van der Waals surface area contributed by atoms with E-state index in [1.165, 1.54) is 0 Å². The molecule has 0 atom stereocenters. The van der Waals surface area contributed by atoms with Crippen LogP contribution in [0.3, 0.4) is 0 Å². The molecule has 0 aliphatic rings. The molecule has 0 bridgehead atoms. The molecule has 3 N–H and O–H groups in total. The van der Waals surface area contributed by atoms with E-state index in [1.54, 1.807) is 12.5 Å². The summed E-state index contributed by atoms with van der Waals surface area (Å²) in [7, 11) is 0. The number of carbonyl (C=O) groups is 1. The van der Waals surface area contributed by atoms with Crippen molar-refractivity contribution in [1.82, 2.24) is 15.3 Å². The van der Waals surface area contributed by atoms with Crippen molar-refractivity contribution in [2.75, 3.05) is 5.32 Å². The first-order valence-electron chi connectivity index (χ1n) is 6.12. The molecule has 0 radical (unpaired) electrons. The van der Waals surface area contributed by atoms with Gasteiger partial charge in [0, 0.05) is 16.8 Å². The molecule has 0 aliphatic carbocycles. The monoisotopic (exact) mass is 258 g/mol. The Balaban J connectivity index is 2.10. The smallest absolute Gasteiger partial charge is 0.319 e. The Morgan fingerprint density at radius 2 is 2.11 bits per heavy atom. The molecule has 1 aromatic carbocycles. The number of hydrogen-bond acceptors (Lipinski definition) is 2. The molecule has 19 heavy (non-hydrogen) atoms. The Bertz CT molecular complexity index is 555. The average molecular weight is 258 g/mol. The third kappa shape index (κ3) is 3.84. The van der Waals surface area contributed by atoms with Crippen molar-refractivity contribution in [2.45, 2.75) is 26.3 Å². The lowest BCUT2D eigenvalue weighted by atomic mass is 10.1. The average Bonchev–Trinajstić information content (AvgIpc) is 2.79. The minimum absolute atomic E-state index is 0.214. The minimum atomic E-state index is -0.259. The van der Waals surface area contributed by atoms with Crippen LogP contribution in [0.4, 0.5) is 10.5 Å². The number of nitrogens with zero attached hydrogens (tertiary/aromatic N) is 1. The second-order valence-corrected chi connectivity index (χ2v) is 5.38. The molecule has 5 heteroatoms. The Labute approximate surface area is 112 Å². The van der Waals surface area contributed by atoms with E-state index in [0.29, 0.717) is 0 Å². The van der Waals surface area contributed by atoms with E-state index in [-0.39, 0.29) is 11.6 Å². The van der Waals surface area contributed by atoms with Gasteiger partial charge in [0.2, 0.25) is 0 Å². The van der Waals surface area contributed by atoms with Gasteiger partial charge in [-0.3, -0.25) is 0 Å². The third-order valence-electron chi connectivity index (χ3n) is 2.42. The molecule has 0 unspecified atom stereocenters. The summed E-state index contributed by atoms with van der Waals surface area (Å²) in [6.45, 7) is 5.81. The van der Waals surface area contributed by atoms with E-state index in [9.17, 15) is 4.79 Å². The predicted octanol–water partition coefficient (Wildman–Crippen LogP) is 3.00. The van der Waals surface area contributed by atoms with Crippen molar-refractivity contribution in [3.05, 3.63) is 36.8 Å². The molecule has 0 spiro atoms. The molecule has 1 heterocycles. The number of anilines is 1. The summed E-state index contributed by atoms with van der Waals surface area (Å²) >= 11 is 0. The van der Waals surface area contributed by atoms with Crippen molar-refractivity contribution >= 4 is 11.7 Å². The zero-order valence-electron chi connectivity index (χ0n) is 11.3. The fraction of sp³-hybridized carbons (Fsp3) is 0.286. The van der Waals surface area contributed by atoms with Gasteiger partial charge in [-0.1, -0.05) is 12.1 Å². The van der Waals surface area contributed by atoms with Crippen LogP contribution in [0.1, 0.15) is 20.8 Å². The van der Waals surface area contributed by atoms with Crippen molar-refractivity contribution < 1.29 is 4.79 Å². The number of carbonyl (C=O) groups excluding carboxylic acids is 1. The topological polar surface area (TPSA) is 69.8 Å². The van der Waals surface area contributed by atoms with Crippen LogP contribution in [0.2, 0.25) is 0 Å². The predicted molar refractivity (Wildman–Crippen MR) is 75.9 cm³/mol. The van der Waals surface area contributed by atoms with Crippen LogP contribution >= 0.6 is 0 Å². The molecule has 0 saturated heterocycles. The third-order valence-corrected chi connectivity index (χ3v) is 2.42. The number of aromatic nitrogens is 2. The van der Waals surface area contributed by atoms with Crippen LogP contribution in [0, 0.1) is 0 Å².